The summed E-state index contributed by atoms with van der Waals surface area (Å²) >= 11 is 3.48. The summed E-state index contributed by atoms with van der Waals surface area (Å²) in [5, 5.41) is 4.70. The van der Waals surface area contributed by atoms with Crippen LogP contribution in [0.25, 0.3) is 11.8 Å². The number of amides is 3. The van der Waals surface area contributed by atoms with E-state index in [-0.39, 0.29) is 5.70 Å². The van der Waals surface area contributed by atoms with Crippen LogP contribution >= 0.6 is 15.9 Å². The Labute approximate surface area is 136 Å². The van der Waals surface area contributed by atoms with E-state index in [0.717, 1.165) is 27.1 Å². The highest BCUT2D eigenvalue weighted by Crippen LogP contribution is 2.24. The fourth-order valence-corrected chi connectivity index (χ4v) is 2.97. The van der Waals surface area contributed by atoms with E-state index in [9.17, 15) is 9.59 Å². The van der Waals surface area contributed by atoms with Gasteiger partial charge in [-0.1, -0.05) is 22.0 Å². The molecule has 1 aromatic heterocycles. The van der Waals surface area contributed by atoms with Crippen LogP contribution in [0.5, 0.6) is 0 Å². The highest BCUT2D eigenvalue weighted by molar-refractivity contribution is 9.10. The molecule has 1 fully saturated rings. The number of benzene rings is 1. The average Bonchev–Trinajstić information content (AvgIpc) is 2.90. The molecule has 3 rings (SSSR count). The van der Waals surface area contributed by atoms with Crippen LogP contribution in [0.1, 0.15) is 17.0 Å². The second-order valence-electron chi connectivity index (χ2n) is 5.11. The molecule has 6 heteroatoms. The van der Waals surface area contributed by atoms with Crippen LogP contribution in [0.2, 0.25) is 0 Å². The van der Waals surface area contributed by atoms with E-state index in [1.165, 1.54) is 0 Å². The molecule has 0 spiro atoms. The lowest BCUT2D eigenvalue weighted by Gasteiger charge is -2.10. The van der Waals surface area contributed by atoms with Crippen molar-refractivity contribution in [2.45, 2.75) is 13.8 Å². The highest BCUT2D eigenvalue weighted by atomic mass is 79.9. The zero-order chi connectivity index (χ0) is 15.9. The van der Waals surface area contributed by atoms with Crippen LogP contribution in [0.15, 0.2) is 40.5 Å². The Kier molecular flexibility index (Phi) is 3.62. The first-order valence-electron chi connectivity index (χ1n) is 6.74. The molecule has 0 saturated carbocycles. The van der Waals surface area contributed by atoms with E-state index < -0.39 is 11.9 Å². The summed E-state index contributed by atoms with van der Waals surface area (Å²) < 4.78 is 3.10. The summed E-state index contributed by atoms with van der Waals surface area (Å²) in [6.07, 6.45) is 1.69. The SMILES string of the molecule is Cc1cc(/C=C2\NC(=O)NC2=O)c(C)n1-c1cccc(Br)c1. The van der Waals surface area contributed by atoms with E-state index >= 15 is 0 Å². The molecular formula is C16H14BrN3O2. The summed E-state index contributed by atoms with van der Waals surface area (Å²) in [5.74, 6) is -0.405. The van der Waals surface area contributed by atoms with Crippen LogP contribution in [0.3, 0.4) is 0 Å². The predicted molar refractivity (Wildman–Crippen MR) is 87.6 cm³/mol. The third kappa shape index (κ3) is 2.57. The van der Waals surface area contributed by atoms with Gasteiger partial charge in [0, 0.05) is 21.5 Å². The molecule has 1 aliphatic heterocycles. The summed E-state index contributed by atoms with van der Waals surface area (Å²) in [6, 6.07) is 9.49. The quantitative estimate of drug-likeness (QED) is 0.639. The maximum absolute atomic E-state index is 11.6. The number of halogens is 1. The molecule has 112 valence electrons. The average molecular weight is 360 g/mol. The Hall–Kier alpha value is -2.34. The number of carbonyl (C=O) groups excluding carboxylic acids is 2. The molecule has 0 aliphatic carbocycles. The molecule has 22 heavy (non-hydrogen) atoms. The monoisotopic (exact) mass is 359 g/mol. The van der Waals surface area contributed by atoms with Crippen molar-refractivity contribution >= 4 is 33.9 Å². The molecule has 0 radical (unpaired) electrons. The minimum absolute atomic E-state index is 0.263. The number of imide groups is 1. The van der Waals surface area contributed by atoms with Crippen molar-refractivity contribution in [3.63, 3.8) is 0 Å². The van der Waals surface area contributed by atoms with E-state index in [4.69, 9.17) is 0 Å². The zero-order valence-electron chi connectivity index (χ0n) is 12.1. The Morgan fingerprint density at radius 1 is 1.14 bits per heavy atom. The molecule has 0 unspecified atom stereocenters. The normalized spacial score (nSPS) is 16.0. The Bertz CT molecular complexity index is 821. The number of urea groups is 1. The minimum atomic E-state index is -0.489. The van der Waals surface area contributed by atoms with Crippen molar-refractivity contribution in [1.82, 2.24) is 15.2 Å². The van der Waals surface area contributed by atoms with Gasteiger partial charge in [0.05, 0.1) is 0 Å². The molecule has 0 bridgehead atoms. The summed E-state index contributed by atoms with van der Waals surface area (Å²) in [5.41, 5.74) is 4.24. The van der Waals surface area contributed by atoms with Gasteiger partial charge in [-0.25, -0.2) is 4.79 Å². The fraction of sp³-hybridized carbons (Fsp3) is 0.125. The molecule has 1 aliphatic rings. The van der Waals surface area contributed by atoms with E-state index in [1.807, 2.05) is 44.2 Å². The highest BCUT2D eigenvalue weighted by Gasteiger charge is 2.23. The number of aromatic nitrogens is 1. The Morgan fingerprint density at radius 2 is 1.91 bits per heavy atom. The van der Waals surface area contributed by atoms with E-state index in [1.54, 1.807) is 6.08 Å². The Morgan fingerprint density at radius 3 is 2.55 bits per heavy atom. The number of carbonyl (C=O) groups is 2. The van der Waals surface area contributed by atoms with Crippen LogP contribution < -0.4 is 10.6 Å². The largest absolute Gasteiger partial charge is 0.326 e. The molecule has 2 N–H and O–H groups in total. The first-order valence-corrected chi connectivity index (χ1v) is 7.54. The van der Waals surface area contributed by atoms with Crippen molar-refractivity contribution in [3.8, 4) is 5.69 Å². The lowest BCUT2D eigenvalue weighted by molar-refractivity contribution is -0.115. The van der Waals surface area contributed by atoms with Crippen LogP contribution in [0, 0.1) is 13.8 Å². The van der Waals surface area contributed by atoms with Crippen molar-refractivity contribution in [2.24, 2.45) is 0 Å². The van der Waals surface area contributed by atoms with Gasteiger partial charge < -0.3 is 9.88 Å². The van der Waals surface area contributed by atoms with Crippen molar-refractivity contribution in [2.75, 3.05) is 0 Å². The summed E-state index contributed by atoms with van der Waals surface area (Å²) in [4.78, 5) is 22.8. The lowest BCUT2D eigenvalue weighted by atomic mass is 10.2. The lowest BCUT2D eigenvalue weighted by Crippen LogP contribution is -2.22. The summed E-state index contributed by atoms with van der Waals surface area (Å²) in [6.45, 7) is 3.98. The first-order chi connectivity index (χ1) is 10.5. The van der Waals surface area contributed by atoms with Crippen molar-refractivity contribution < 1.29 is 9.59 Å². The molecule has 0 atom stereocenters. The van der Waals surface area contributed by atoms with E-state index in [2.05, 4.69) is 31.1 Å². The molecule has 5 nitrogen and oxygen atoms in total. The second-order valence-corrected chi connectivity index (χ2v) is 6.02. The first kappa shape index (κ1) is 14.6. The number of nitrogens with zero attached hydrogens (tertiary/aromatic N) is 1. The molecule has 2 aromatic rings. The molecule has 3 amide bonds. The third-order valence-corrected chi connectivity index (χ3v) is 4.05. The number of nitrogens with one attached hydrogen (secondary N) is 2. The van der Waals surface area contributed by atoms with Crippen LogP contribution in [-0.4, -0.2) is 16.5 Å². The van der Waals surface area contributed by atoms with Gasteiger partial charge in [-0.3, -0.25) is 10.1 Å². The third-order valence-electron chi connectivity index (χ3n) is 3.56. The smallest absolute Gasteiger partial charge is 0.318 e. The molecule has 1 aromatic carbocycles. The predicted octanol–water partition coefficient (Wildman–Crippen LogP) is 3.04. The second kappa shape index (κ2) is 5.46. The van der Waals surface area contributed by atoms with Crippen LogP contribution in [0.4, 0.5) is 4.79 Å². The van der Waals surface area contributed by atoms with Crippen molar-refractivity contribution in [3.05, 3.63) is 57.5 Å². The van der Waals surface area contributed by atoms with Gasteiger partial charge in [-0.05, 0) is 49.8 Å². The van der Waals surface area contributed by atoms with Gasteiger partial charge in [0.2, 0.25) is 0 Å². The summed E-state index contributed by atoms with van der Waals surface area (Å²) in [7, 11) is 0. The van der Waals surface area contributed by atoms with Gasteiger partial charge in [-0.2, -0.15) is 0 Å². The van der Waals surface area contributed by atoms with Gasteiger partial charge in [0.25, 0.3) is 5.91 Å². The van der Waals surface area contributed by atoms with Gasteiger partial charge in [0.15, 0.2) is 0 Å². The van der Waals surface area contributed by atoms with Gasteiger partial charge in [-0.15, -0.1) is 0 Å². The van der Waals surface area contributed by atoms with Crippen LogP contribution in [-0.2, 0) is 4.79 Å². The standard InChI is InChI=1S/C16H14BrN3O2/c1-9-6-11(7-14-15(21)19-16(22)18-14)10(2)20(9)13-5-3-4-12(17)8-13/h3-8H,1-2H3,(H2,18,19,21,22)/b14-7-. The van der Waals surface area contributed by atoms with Gasteiger partial charge >= 0.3 is 6.03 Å². The number of rotatable bonds is 2. The fourth-order valence-electron chi connectivity index (χ4n) is 2.58. The Balaban J connectivity index is 2.06. The topological polar surface area (TPSA) is 63.1 Å². The zero-order valence-corrected chi connectivity index (χ0v) is 13.7. The number of aryl methyl sites for hydroxylation is 1. The molecule has 1 saturated heterocycles. The maximum atomic E-state index is 11.6. The maximum Gasteiger partial charge on any atom is 0.326 e. The van der Waals surface area contributed by atoms with Gasteiger partial charge in [0.1, 0.15) is 5.70 Å². The molecule has 2 heterocycles. The molecular weight excluding hydrogens is 346 g/mol. The van der Waals surface area contributed by atoms with E-state index in [0.29, 0.717) is 0 Å². The number of hydrogen-bond acceptors (Lipinski definition) is 2. The number of hydrogen-bond donors (Lipinski definition) is 2. The van der Waals surface area contributed by atoms with Crippen molar-refractivity contribution in [1.29, 1.82) is 0 Å². The minimum Gasteiger partial charge on any atom is -0.318 e.